The van der Waals surface area contributed by atoms with Crippen molar-refractivity contribution in [2.75, 3.05) is 0 Å². The molecule has 218 valence electrons. The lowest BCUT2D eigenvalue weighted by molar-refractivity contribution is 0.979. The first-order valence-electron chi connectivity index (χ1n) is 16.2. The lowest BCUT2D eigenvalue weighted by Gasteiger charge is -2.35. The van der Waals surface area contributed by atoms with Gasteiger partial charge in [-0.25, -0.2) is 9.97 Å². The van der Waals surface area contributed by atoms with E-state index in [1.807, 2.05) is 12.7 Å². The van der Waals surface area contributed by atoms with Crippen LogP contribution in [0, 0.1) is 13.8 Å². The Morgan fingerprint density at radius 2 is 0.872 bits per heavy atom. The van der Waals surface area contributed by atoms with Crippen LogP contribution in [0.1, 0.15) is 11.4 Å². The zero-order valence-corrected chi connectivity index (χ0v) is 25.9. The van der Waals surface area contributed by atoms with Crippen LogP contribution in [0.2, 0.25) is 0 Å². The number of nitrogens with zero attached hydrogens (tertiary/aromatic N) is 5. The van der Waals surface area contributed by atoms with Crippen molar-refractivity contribution in [3.8, 4) is 33.6 Å². The van der Waals surface area contributed by atoms with E-state index in [1.54, 1.807) is 0 Å². The second-order valence-electron chi connectivity index (χ2n) is 12.9. The van der Waals surface area contributed by atoms with Gasteiger partial charge in [0, 0.05) is 11.1 Å². The molecule has 5 heterocycles. The molecule has 6 heteroatoms. The molecule has 0 bridgehead atoms. The number of hydrogen-bond donors (Lipinski definition) is 0. The number of pyridine rings is 1. The van der Waals surface area contributed by atoms with Crippen molar-refractivity contribution in [1.29, 1.82) is 0 Å². The molecular weight excluding hydrogens is 573 g/mol. The molecule has 0 saturated heterocycles. The first kappa shape index (κ1) is 25.2. The second-order valence-corrected chi connectivity index (χ2v) is 12.9. The lowest BCUT2D eigenvalue weighted by atomic mass is 9.33. The summed E-state index contributed by atoms with van der Waals surface area (Å²) in [7, 11) is 0. The van der Waals surface area contributed by atoms with E-state index in [4.69, 9.17) is 15.0 Å². The Morgan fingerprint density at radius 1 is 0.468 bits per heavy atom. The zero-order valence-electron chi connectivity index (χ0n) is 25.9. The van der Waals surface area contributed by atoms with Gasteiger partial charge < -0.3 is 0 Å². The van der Waals surface area contributed by atoms with E-state index < -0.39 is 0 Å². The van der Waals surface area contributed by atoms with Crippen LogP contribution >= 0.6 is 0 Å². The molecule has 0 unspecified atom stereocenters. The summed E-state index contributed by atoms with van der Waals surface area (Å²) in [6, 6.07) is 39.2. The van der Waals surface area contributed by atoms with Crippen LogP contribution in [0.3, 0.4) is 0 Å². The minimum absolute atomic E-state index is 0.0387. The minimum Gasteiger partial charge on any atom is -0.298 e. The lowest BCUT2D eigenvalue weighted by Crippen LogP contribution is -2.60. The van der Waals surface area contributed by atoms with Crippen LogP contribution in [0.4, 0.5) is 0 Å². The third-order valence-electron chi connectivity index (χ3n) is 10.5. The molecule has 0 aliphatic carbocycles. The summed E-state index contributed by atoms with van der Waals surface area (Å²) in [6.07, 6.45) is 4.04. The van der Waals surface area contributed by atoms with Crippen molar-refractivity contribution >= 4 is 66.7 Å². The van der Waals surface area contributed by atoms with E-state index in [0.717, 1.165) is 44.8 Å². The molecule has 6 aromatic carbocycles. The first-order chi connectivity index (χ1) is 23.2. The Hall–Kier alpha value is -6.01. The third-order valence-corrected chi connectivity index (χ3v) is 10.5. The van der Waals surface area contributed by atoms with Crippen molar-refractivity contribution in [3.63, 3.8) is 0 Å². The Morgan fingerprint density at radius 3 is 1.32 bits per heavy atom. The highest BCUT2D eigenvalue weighted by Crippen LogP contribution is 2.42. The molecule has 9 aromatic rings. The SMILES string of the molecule is Cc1nc(C)c2c3c1-n1cnc4c(-c5ccccc5)c5ccccc5c(c41)B3c1c3ccccc3c(-c3ccccc3)c3ncn-2c13. The standard InChI is InChI=1S/C41H26BN5/c1-23-38-35-39(24(2)45-23)47-22-44-37-32(26-15-7-4-8-16-26)28-18-10-12-20-30(28)34(41(37)47)42(35)33-29-19-11-9-17-27(29)31(25-13-5-3-6-14-25)36-40(33)46(38)21-43-36/h3-22H,1-2H3. The van der Waals surface area contributed by atoms with Gasteiger partial charge in [0.25, 0.3) is 6.71 Å². The van der Waals surface area contributed by atoms with Gasteiger partial charge in [-0.2, -0.15) is 0 Å². The van der Waals surface area contributed by atoms with Gasteiger partial charge >= 0.3 is 0 Å². The Kier molecular flexibility index (Phi) is 4.74. The van der Waals surface area contributed by atoms with Crippen LogP contribution < -0.4 is 16.4 Å². The summed E-state index contributed by atoms with van der Waals surface area (Å²) < 4.78 is 4.64. The van der Waals surface area contributed by atoms with Gasteiger partial charge in [0.05, 0.1) is 44.8 Å². The maximum atomic E-state index is 5.22. The minimum atomic E-state index is -0.0387. The third kappa shape index (κ3) is 3.03. The molecule has 0 fully saturated rings. The zero-order chi connectivity index (χ0) is 31.0. The van der Waals surface area contributed by atoms with Crippen molar-refractivity contribution < 1.29 is 0 Å². The molecule has 0 N–H and O–H groups in total. The quantitative estimate of drug-likeness (QED) is 0.198. The van der Waals surface area contributed by atoms with Crippen LogP contribution in [-0.4, -0.2) is 30.8 Å². The maximum Gasteiger partial charge on any atom is 0.254 e. The molecule has 0 saturated carbocycles. The highest BCUT2D eigenvalue weighted by molar-refractivity contribution is 7.03. The number of hydrogen-bond acceptors (Lipinski definition) is 3. The second kappa shape index (κ2) is 8.83. The molecule has 5 nitrogen and oxygen atoms in total. The number of fused-ring (bicyclic) bond motifs is 8. The van der Waals surface area contributed by atoms with E-state index in [9.17, 15) is 0 Å². The van der Waals surface area contributed by atoms with Crippen LogP contribution in [0.5, 0.6) is 0 Å². The number of rotatable bonds is 2. The van der Waals surface area contributed by atoms with Gasteiger partial charge in [0.1, 0.15) is 12.7 Å². The average Bonchev–Trinajstić information content (AvgIpc) is 3.74. The molecule has 11 rings (SSSR count). The van der Waals surface area contributed by atoms with Gasteiger partial charge in [0.2, 0.25) is 0 Å². The molecule has 0 radical (unpaired) electrons. The maximum absolute atomic E-state index is 5.22. The molecular formula is C41H26BN5. The van der Waals surface area contributed by atoms with Crippen LogP contribution in [0.25, 0.3) is 77.2 Å². The van der Waals surface area contributed by atoms with Gasteiger partial charge in [-0.05, 0) is 62.9 Å². The number of aromatic nitrogens is 5. The van der Waals surface area contributed by atoms with Gasteiger partial charge in [-0.1, -0.05) is 109 Å². The Balaban J connectivity index is 1.40. The van der Waals surface area contributed by atoms with Gasteiger partial charge in [-0.15, -0.1) is 0 Å². The fourth-order valence-electron chi connectivity index (χ4n) is 8.85. The monoisotopic (exact) mass is 599 g/mol. The summed E-state index contributed by atoms with van der Waals surface area (Å²) in [5.41, 5.74) is 17.2. The predicted octanol–water partition coefficient (Wildman–Crippen LogP) is 7.16. The molecule has 47 heavy (non-hydrogen) atoms. The molecule has 0 spiro atoms. The van der Waals surface area contributed by atoms with Crippen LogP contribution in [-0.2, 0) is 0 Å². The van der Waals surface area contributed by atoms with E-state index in [-0.39, 0.29) is 6.71 Å². The van der Waals surface area contributed by atoms with Crippen molar-refractivity contribution in [2.24, 2.45) is 0 Å². The fraction of sp³-hybridized carbons (Fsp3) is 0.0488. The van der Waals surface area contributed by atoms with E-state index in [2.05, 4.69) is 132 Å². The molecule has 0 amide bonds. The normalized spacial score (nSPS) is 12.9. The Labute approximate surface area is 270 Å². The summed E-state index contributed by atoms with van der Waals surface area (Å²) in [6.45, 7) is 4.25. The summed E-state index contributed by atoms with van der Waals surface area (Å²) in [5, 5.41) is 4.96. The highest BCUT2D eigenvalue weighted by atomic mass is 15.1. The summed E-state index contributed by atoms with van der Waals surface area (Å²) in [5.74, 6) is 0. The molecule has 0 atom stereocenters. The number of aryl methyl sites for hydroxylation is 2. The van der Waals surface area contributed by atoms with Gasteiger partial charge in [-0.3, -0.25) is 14.1 Å². The van der Waals surface area contributed by atoms with Gasteiger partial charge in [0.15, 0.2) is 0 Å². The topological polar surface area (TPSA) is 48.5 Å². The molecule has 2 aliphatic heterocycles. The highest BCUT2D eigenvalue weighted by Gasteiger charge is 2.44. The largest absolute Gasteiger partial charge is 0.298 e. The van der Waals surface area contributed by atoms with Crippen molar-refractivity contribution in [2.45, 2.75) is 13.8 Å². The fourth-order valence-corrected chi connectivity index (χ4v) is 8.85. The summed E-state index contributed by atoms with van der Waals surface area (Å²) >= 11 is 0. The number of benzene rings is 6. The smallest absolute Gasteiger partial charge is 0.254 e. The molecule has 3 aromatic heterocycles. The van der Waals surface area contributed by atoms with Crippen LogP contribution in [0.15, 0.2) is 122 Å². The van der Waals surface area contributed by atoms with Crippen molar-refractivity contribution in [3.05, 3.63) is 133 Å². The summed E-state index contributed by atoms with van der Waals surface area (Å²) in [4.78, 5) is 15.6. The van der Waals surface area contributed by atoms with E-state index >= 15 is 0 Å². The predicted molar refractivity (Wildman–Crippen MR) is 194 cm³/mol. The molecule has 2 aliphatic rings. The van der Waals surface area contributed by atoms with Crippen molar-refractivity contribution in [1.82, 2.24) is 24.1 Å². The first-order valence-corrected chi connectivity index (χ1v) is 16.2. The van der Waals surface area contributed by atoms with E-state index in [0.29, 0.717) is 0 Å². The average molecular weight is 600 g/mol. The number of imidazole rings is 2. The van der Waals surface area contributed by atoms with E-state index in [1.165, 1.54) is 60.2 Å². The Bertz CT molecular complexity index is 2620.